The number of carbonyl (C=O) groups is 3. The van der Waals surface area contributed by atoms with Crippen LogP contribution in [0, 0.1) is 12.8 Å². The van der Waals surface area contributed by atoms with E-state index in [-0.39, 0.29) is 25.0 Å². The van der Waals surface area contributed by atoms with Gasteiger partial charge in [0.05, 0.1) is 0 Å². The number of ether oxygens (including phenoxy) is 1. The molecule has 0 saturated carbocycles. The van der Waals surface area contributed by atoms with Crippen LogP contribution in [0.1, 0.15) is 30.5 Å². The summed E-state index contributed by atoms with van der Waals surface area (Å²) in [5.41, 5.74) is 1.59. The zero-order valence-corrected chi connectivity index (χ0v) is 21.9. The van der Waals surface area contributed by atoms with Gasteiger partial charge in [0, 0.05) is 50.4 Å². The molecule has 0 aliphatic carbocycles. The molecule has 208 valence electrons. The number of guanidine groups is 1. The minimum atomic E-state index is -1.31. The fraction of sp³-hybridized carbons (Fsp3) is 0.462. The maximum Gasteiger partial charge on any atom is 0.408 e. The highest BCUT2D eigenvalue weighted by atomic mass is 16.5. The van der Waals surface area contributed by atoms with E-state index in [0.717, 1.165) is 36.6 Å². The number of anilines is 2. The third-order valence-electron chi connectivity index (χ3n) is 6.44. The van der Waals surface area contributed by atoms with E-state index in [2.05, 4.69) is 41.1 Å². The van der Waals surface area contributed by atoms with E-state index in [9.17, 15) is 19.5 Å². The van der Waals surface area contributed by atoms with Crippen molar-refractivity contribution in [2.24, 2.45) is 10.9 Å². The van der Waals surface area contributed by atoms with Crippen LogP contribution >= 0.6 is 0 Å². The average Bonchev–Trinajstić information content (AvgIpc) is 2.94. The topological polar surface area (TPSA) is 170 Å². The molecule has 39 heavy (non-hydrogen) atoms. The molecule has 1 atom stereocenters. The van der Waals surface area contributed by atoms with Crippen LogP contribution in [0.4, 0.5) is 16.6 Å². The van der Waals surface area contributed by atoms with E-state index >= 15 is 0 Å². The fourth-order valence-corrected chi connectivity index (χ4v) is 4.32. The number of carboxylic acid groups (broad SMARTS) is 1. The van der Waals surface area contributed by atoms with Crippen LogP contribution in [0.3, 0.4) is 0 Å². The molecule has 0 unspecified atom stereocenters. The highest BCUT2D eigenvalue weighted by molar-refractivity contribution is 5.92. The standard InChI is InChI=1S/C26H34N8O5/c1-17-14-21(32-25(30-17)33-24-27-10-5-11-28-24)34-12-8-19(9-13-34)22(35)29-15-20(23(36)37)31-26(38)39-16-18-6-3-2-4-7-18/h2-4,6-7,14,19-20H,5,8-13,15-16H2,1H3,(H,29,35)(H,31,38)(H,36,37)(H2,27,28,30,32,33)/t20-/m0/s1. The number of aliphatic imine (C=N–C) groups is 1. The van der Waals surface area contributed by atoms with Crippen LogP contribution in [0.25, 0.3) is 0 Å². The van der Waals surface area contributed by atoms with Crippen molar-refractivity contribution in [3.63, 3.8) is 0 Å². The molecular formula is C26H34N8O5. The third kappa shape index (κ3) is 8.28. The molecule has 1 aromatic heterocycles. The smallest absolute Gasteiger partial charge is 0.408 e. The Labute approximate surface area is 226 Å². The Bertz CT molecular complexity index is 1180. The predicted octanol–water partition coefficient (Wildman–Crippen LogP) is 1.26. The Morgan fingerprint density at radius 3 is 2.64 bits per heavy atom. The van der Waals surface area contributed by atoms with Gasteiger partial charge in [-0.15, -0.1) is 0 Å². The van der Waals surface area contributed by atoms with E-state index in [4.69, 9.17) is 4.74 Å². The first kappa shape index (κ1) is 27.6. The minimum Gasteiger partial charge on any atom is -0.480 e. The van der Waals surface area contributed by atoms with Gasteiger partial charge in [0.25, 0.3) is 0 Å². The first-order chi connectivity index (χ1) is 18.9. The van der Waals surface area contributed by atoms with E-state index in [0.29, 0.717) is 37.8 Å². The van der Waals surface area contributed by atoms with Crippen molar-refractivity contribution in [2.75, 3.05) is 42.9 Å². The van der Waals surface area contributed by atoms with Crippen molar-refractivity contribution >= 4 is 35.7 Å². The molecule has 1 aromatic carbocycles. The van der Waals surface area contributed by atoms with Crippen molar-refractivity contribution in [3.05, 3.63) is 47.7 Å². The Morgan fingerprint density at radius 2 is 1.95 bits per heavy atom. The summed E-state index contributed by atoms with van der Waals surface area (Å²) in [6, 6.07) is 9.64. The van der Waals surface area contributed by atoms with Gasteiger partial charge in [-0.25, -0.2) is 14.6 Å². The number of amides is 2. The SMILES string of the molecule is Cc1cc(N2CCC(C(=O)NC[C@H](NC(=O)OCc3ccccc3)C(=O)O)CC2)nc(NC2=NCCCN2)n1. The Morgan fingerprint density at radius 1 is 1.18 bits per heavy atom. The zero-order chi connectivity index (χ0) is 27.6. The summed E-state index contributed by atoms with van der Waals surface area (Å²) in [7, 11) is 0. The number of piperidine rings is 1. The first-order valence-corrected chi connectivity index (χ1v) is 13.0. The molecule has 2 amide bonds. The van der Waals surface area contributed by atoms with Crippen LogP contribution in [0.5, 0.6) is 0 Å². The number of rotatable bonds is 9. The van der Waals surface area contributed by atoms with Crippen molar-refractivity contribution in [2.45, 2.75) is 38.8 Å². The van der Waals surface area contributed by atoms with Gasteiger partial charge >= 0.3 is 12.1 Å². The van der Waals surface area contributed by atoms with Gasteiger partial charge in [-0.1, -0.05) is 30.3 Å². The summed E-state index contributed by atoms with van der Waals surface area (Å²) in [4.78, 5) is 52.0. The van der Waals surface area contributed by atoms with Gasteiger partial charge < -0.3 is 30.7 Å². The molecule has 13 nitrogen and oxygen atoms in total. The second kappa shape index (κ2) is 13.4. The highest BCUT2D eigenvalue weighted by Crippen LogP contribution is 2.23. The summed E-state index contributed by atoms with van der Waals surface area (Å²) in [5, 5.41) is 20.8. The molecule has 1 saturated heterocycles. The lowest BCUT2D eigenvalue weighted by atomic mass is 9.96. The van der Waals surface area contributed by atoms with E-state index in [1.807, 2.05) is 31.2 Å². The zero-order valence-electron chi connectivity index (χ0n) is 21.9. The Balaban J connectivity index is 1.23. The average molecular weight is 539 g/mol. The van der Waals surface area contributed by atoms with Crippen LogP contribution in [0.2, 0.25) is 0 Å². The molecule has 3 heterocycles. The number of benzene rings is 1. The van der Waals surface area contributed by atoms with Crippen LogP contribution < -0.4 is 26.2 Å². The lowest BCUT2D eigenvalue weighted by molar-refractivity contribution is -0.139. The number of aromatic nitrogens is 2. The Kier molecular flexibility index (Phi) is 9.48. The van der Waals surface area contributed by atoms with Crippen molar-refractivity contribution in [1.29, 1.82) is 0 Å². The number of aryl methyl sites for hydroxylation is 1. The van der Waals surface area contributed by atoms with Crippen LogP contribution in [-0.2, 0) is 20.9 Å². The van der Waals surface area contributed by atoms with Gasteiger partial charge in [0.15, 0.2) is 5.96 Å². The summed E-state index contributed by atoms with van der Waals surface area (Å²) >= 11 is 0. The van der Waals surface area contributed by atoms with Crippen molar-refractivity contribution in [1.82, 2.24) is 25.9 Å². The summed E-state index contributed by atoms with van der Waals surface area (Å²) < 4.78 is 5.09. The summed E-state index contributed by atoms with van der Waals surface area (Å²) in [5.74, 6) is 0.105. The lowest BCUT2D eigenvalue weighted by Gasteiger charge is -2.32. The Hall–Kier alpha value is -4.42. The van der Waals surface area contributed by atoms with Gasteiger partial charge in [-0.2, -0.15) is 4.98 Å². The number of carbonyl (C=O) groups excluding carboxylic acids is 2. The molecule has 0 radical (unpaired) electrons. The van der Waals surface area contributed by atoms with Crippen LogP contribution in [-0.4, -0.2) is 77.8 Å². The minimum absolute atomic E-state index is 0.0129. The second-order valence-electron chi connectivity index (χ2n) is 9.43. The molecular weight excluding hydrogens is 504 g/mol. The molecule has 0 spiro atoms. The quantitative estimate of drug-likeness (QED) is 0.313. The van der Waals surface area contributed by atoms with Crippen LogP contribution in [0.15, 0.2) is 41.4 Å². The summed E-state index contributed by atoms with van der Waals surface area (Å²) in [6.07, 6.45) is 1.28. The largest absolute Gasteiger partial charge is 0.480 e. The molecule has 13 heteroatoms. The van der Waals surface area contributed by atoms with E-state index in [1.54, 1.807) is 12.1 Å². The molecule has 0 bridgehead atoms. The molecule has 2 aliphatic rings. The van der Waals surface area contributed by atoms with Gasteiger partial charge in [0.1, 0.15) is 18.5 Å². The molecule has 2 aromatic rings. The summed E-state index contributed by atoms with van der Waals surface area (Å²) in [6.45, 7) is 4.50. The number of hydrogen-bond acceptors (Lipinski definition) is 10. The fourth-order valence-electron chi connectivity index (χ4n) is 4.32. The number of aliphatic carboxylic acids is 1. The van der Waals surface area contributed by atoms with Gasteiger partial charge in [-0.05, 0) is 31.7 Å². The molecule has 4 rings (SSSR count). The maximum atomic E-state index is 12.8. The predicted molar refractivity (Wildman–Crippen MR) is 144 cm³/mol. The van der Waals surface area contributed by atoms with Gasteiger partial charge in [-0.3, -0.25) is 15.1 Å². The van der Waals surface area contributed by atoms with Gasteiger partial charge in [0.2, 0.25) is 11.9 Å². The lowest BCUT2D eigenvalue weighted by Crippen LogP contribution is -2.50. The van der Waals surface area contributed by atoms with Crippen molar-refractivity contribution < 1.29 is 24.2 Å². The van der Waals surface area contributed by atoms with E-state index < -0.39 is 18.1 Å². The third-order valence-corrected chi connectivity index (χ3v) is 6.44. The highest BCUT2D eigenvalue weighted by Gasteiger charge is 2.28. The molecule has 2 aliphatic heterocycles. The second-order valence-corrected chi connectivity index (χ2v) is 9.43. The number of hydrogen-bond donors (Lipinski definition) is 5. The number of carboxylic acids is 1. The van der Waals surface area contributed by atoms with Crippen molar-refractivity contribution in [3.8, 4) is 0 Å². The first-order valence-electron chi connectivity index (χ1n) is 13.0. The molecule has 1 fully saturated rings. The number of alkyl carbamates (subject to hydrolysis) is 1. The molecule has 5 N–H and O–H groups in total. The number of nitrogens with zero attached hydrogens (tertiary/aromatic N) is 4. The van der Waals surface area contributed by atoms with E-state index in [1.165, 1.54) is 0 Å². The normalized spacial score (nSPS) is 16.3. The monoisotopic (exact) mass is 538 g/mol. The maximum absolute atomic E-state index is 12.8. The number of nitrogens with one attached hydrogen (secondary N) is 4.